The van der Waals surface area contributed by atoms with Gasteiger partial charge in [0, 0.05) is 13.2 Å². The Morgan fingerprint density at radius 3 is 2.07 bits per heavy atom. The van der Waals surface area contributed by atoms with Crippen molar-refractivity contribution in [1.82, 2.24) is 0 Å². The largest absolute Gasteiger partial charge is 0.609 e. The highest BCUT2D eigenvalue weighted by Gasteiger charge is 2.69. The van der Waals surface area contributed by atoms with Crippen LogP contribution in [0.2, 0.25) is 0 Å². The van der Waals surface area contributed by atoms with Gasteiger partial charge in [0.1, 0.15) is 15.2 Å². The molecule has 0 amide bonds. The van der Waals surface area contributed by atoms with E-state index in [1.165, 1.54) is 0 Å². The van der Waals surface area contributed by atoms with Crippen molar-refractivity contribution in [3.05, 3.63) is 0 Å². The van der Waals surface area contributed by atoms with Gasteiger partial charge < -0.3 is 13.3 Å². The fourth-order valence-electron chi connectivity index (χ4n) is 1.33. The van der Waals surface area contributed by atoms with Gasteiger partial charge in [0.25, 0.3) is 0 Å². The van der Waals surface area contributed by atoms with E-state index in [9.17, 15) is 4.21 Å². The van der Waals surface area contributed by atoms with Gasteiger partial charge in [0.15, 0.2) is 0 Å². The van der Waals surface area contributed by atoms with Crippen molar-refractivity contribution in [3.8, 4) is 0 Å². The SMILES string of the molecule is CCO[Si]1(OCC)OC(C)(CC)S1=O. The van der Waals surface area contributed by atoms with E-state index < -0.39 is 23.1 Å². The second kappa shape index (κ2) is 4.40. The van der Waals surface area contributed by atoms with Crippen LogP contribution in [0.4, 0.5) is 0 Å². The standard InChI is InChI=1S/C8H18O4SSi/c1-5-8(4)12-14(10-6-2,11-7-3)13(8)9/h5-7H2,1-4H3. The fourth-order valence-corrected chi connectivity index (χ4v) is 8.36. The summed E-state index contributed by atoms with van der Waals surface area (Å²) in [6.45, 7) is 8.47. The second-order valence-electron chi connectivity index (χ2n) is 3.22. The minimum atomic E-state index is -2.83. The first-order valence-corrected chi connectivity index (χ1v) is 8.54. The van der Waals surface area contributed by atoms with Crippen LogP contribution < -0.4 is 0 Å². The molecule has 1 rings (SSSR count). The van der Waals surface area contributed by atoms with E-state index in [0.29, 0.717) is 19.6 Å². The molecule has 1 saturated heterocycles. The molecule has 0 bridgehead atoms. The van der Waals surface area contributed by atoms with Crippen molar-refractivity contribution in [2.24, 2.45) is 0 Å². The Balaban J connectivity index is 2.71. The first-order valence-electron chi connectivity index (χ1n) is 4.94. The Kier molecular flexibility index (Phi) is 3.87. The third-order valence-electron chi connectivity index (χ3n) is 2.24. The maximum atomic E-state index is 12.0. The highest BCUT2D eigenvalue weighted by molar-refractivity contribution is 8.17. The Bertz CT molecular complexity index is 229. The lowest BCUT2D eigenvalue weighted by Gasteiger charge is -2.47. The molecule has 0 aliphatic carbocycles. The van der Waals surface area contributed by atoms with Crippen molar-refractivity contribution < 1.29 is 17.5 Å². The molecule has 1 aliphatic heterocycles. The van der Waals surface area contributed by atoms with Gasteiger partial charge in [-0.2, -0.15) is 0 Å². The van der Waals surface area contributed by atoms with Gasteiger partial charge in [0.2, 0.25) is 0 Å². The summed E-state index contributed by atoms with van der Waals surface area (Å²) in [7, 11) is -3.95. The third-order valence-corrected chi connectivity index (χ3v) is 9.60. The molecule has 2 atom stereocenters. The molecule has 0 aromatic heterocycles. The highest BCUT2D eigenvalue weighted by atomic mass is 32.4. The van der Waals surface area contributed by atoms with Crippen LogP contribution in [-0.4, -0.2) is 30.3 Å². The fraction of sp³-hybridized carbons (Fsp3) is 1.00. The van der Waals surface area contributed by atoms with Gasteiger partial charge in [-0.15, -0.1) is 0 Å². The smallest absolute Gasteiger partial charge is 0.364 e. The summed E-state index contributed by atoms with van der Waals surface area (Å²) in [6.07, 6.45) is 0.717. The van der Waals surface area contributed by atoms with E-state index in [1.54, 1.807) is 0 Å². The van der Waals surface area contributed by atoms with Gasteiger partial charge in [-0.3, -0.25) is 4.21 Å². The van der Waals surface area contributed by atoms with E-state index in [-0.39, 0.29) is 0 Å². The monoisotopic (exact) mass is 238 g/mol. The van der Waals surface area contributed by atoms with Crippen molar-refractivity contribution in [1.29, 1.82) is 0 Å². The molecule has 1 aliphatic rings. The molecule has 2 unspecified atom stereocenters. The van der Waals surface area contributed by atoms with Crippen molar-refractivity contribution in [2.45, 2.75) is 39.0 Å². The summed E-state index contributed by atoms with van der Waals surface area (Å²) in [4.78, 5) is -0.559. The Morgan fingerprint density at radius 2 is 1.79 bits per heavy atom. The zero-order valence-corrected chi connectivity index (χ0v) is 11.0. The van der Waals surface area contributed by atoms with Crippen LogP contribution in [0.3, 0.4) is 0 Å². The molecule has 4 nitrogen and oxygen atoms in total. The Labute approximate surface area is 88.4 Å². The maximum Gasteiger partial charge on any atom is 0.609 e. The molecule has 0 spiro atoms. The lowest BCUT2D eigenvalue weighted by atomic mass is 10.3. The van der Waals surface area contributed by atoms with Crippen LogP contribution in [0.15, 0.2) is 0 Å². The van der Waals surface area contributed by atoms with Crippen LogP contribution in [0.5, 0.6) is 0 Å². The molecule has 6 heteroatoms. The highest BCUT2D eigenvalue weighted by Crippen LogP contribution is 2.41. The number of hydrogen-bond donors (Lipinski definition) is 0. The normalized spacial score (nSPS) is 35.3. The number of rotatable bonds is 5. The van der Waals surface area contributed by atoms with Gasteiger partial charge >= 0.3 is 7.95 Å². The van der Waals surface area contributed by atoms with Crippen LogP contribution in [-0.2, 0) is 23.5 Å². The van der Waals surface area contributed by atoms with Crippen LogP contribution >= 0.6 is 0 Å². The summed E-state index contributed by atoms with van der Waals surface area (Å²) in [6, 6.07) is 0. The van der Waals surface area contributed by atoms with Gasteiger partial charge in [0.05, 0.1) is 0 Å². The minimum Gasteiger partial charge on any atom is -0.364 e. The van der Waals surface area contributed by atoms with Gasteiger partial charge in [-0.25, -0.2) is 0 Å². The molecular weight excluding hydrogens is 220 g/mol. The predicted molar refractivity (Wildman–Crippen MR) is 56.9 cm³/mol. The lowest BCUT2D eigenvalue weighted by molar-refractivity contribution is 0.0148. The maximum absolute atomic E-state index is 12.0. The van der Waals surface area contributed by atoms with Crippen LogP contribution in [0.25, 0.3) is 0 Å². The van der Waals surface area contributed by atoms with Crippen molar-refractivity contribution >= 4 is 18.2 Å². The molecule has 0 radical (unpaired) electrons. The average molecular weight is 238 g/mol. The molecular formula is C8H18O4SSi. The third kappa shape index (κ3) is 1.81. The Morgan fingerprint density at radius 1 is 1.29 bits per heavy atom. The Hall–Kier alpha value is 0.247. The van der Waals surface area contributed by atoms with Gasteiger partial charge in [-0.05, 0) is 27.2 Å². The summed E-state index contributed by atoms with van der Waals surface area (Å²) >= 11 is 0. The van der Waals surface area contributed by atoms with Crippen molar-refractivity contribution in [3.63, 3.8) is 0 Å². The zero-order valence-electron chi connectivity index (χ0n) is 9.16. The van der Waals surface area contributed by atoms with E-state index in [2.05, 4.69) is 0 Å². The van der Waals surface area contributed by atoms with Crippen LogP contribution in [0.1, 0.15) is 34.1 Å². The first-order chi connectivity index (χ1) is 6.54. The van der Waals surface area contributed by atoms with Gasteiger partial charge in [-0.1, -0.05) is 6.92 Å². The molecule has 0 aromatic carbocycles. The zero-order chi connectivity index (χ0) is 10.8. The molecule has 0 aromatic rings. The summed E-state index contributed by atoms with van der Waals surface area (Å²) in [5, 5.41) is 0. The summed E-state index contributed by atoms with van der Waals surface area (Å²) < 4.78 is 28.5. The minimum absolute atomic E-state index is 0.484. The summed E-state index contributed by atoms with van der Waals surface area (Å²) in [5.74, 6) is 0. The average Bonchev–Trinajstić information content (AvgIpc) is 2.17. The molecule has 0 saturated carbocycles. The topological polar surface area (TPSA) is 44.8 Å². The molecule has 0 N–H and O–H groups in total. The number of hydrogen-bond acceptors (Lipinski definition) is 4. The molecule has 84 valence electrons. The second-order valence-corrected chi connectivity index (χ2v) is 9.02. The van der Waals surface area contributed by atoms with Crippen molar-refractivity contribution in [2.75, 3.05) is 13.2 Å². The first kappa shape index (κ1) is 12.3. The predicted octanol–water partition coefficient (Wildman–Crippen LogP) is 1.40. The van der Waals surface area contributed by atoms with E-state index >= 15 is 0 Å². The summed E-state index contributed by atoms with van der Waals surface area (Å²) in [5.41, 5.74) is 0. The van der Waals surface area contributed by atoms with E-state index in [4.69, 9.17) is 13.3 Å². The molecule has 1 heterocycles. The van der Waals surface area contributed by atoms with E-state index in [0.717, 1.165) is 0 Å². The lowest BCUT2D eigenvalue weighted by Crippen LogP contribution is -2.71. The molecule has 1 fully saturated rings. The quantitative estimate of drug-likeness (QED) is 0.679. The molecule has 14 heavy (non-hydrogen) atoms. The van der Waals surface area contributed by atoms with E-state index in [1.807, 2.05) is 27.7 Å². The van der Waals surface area contributed by atoms with Crippen LogP contribution in [0, 0.1) is 0 Å².